The molecule has 0 atom stereocenters. The molecule has 0 aromatic heterocycles. The molecule has 24 heavy (non-hydrogen) atoms. The Bertz CT molecular complexity index is 751. The standard InChI is InChI=1S/C20H23IN2O/c1-22(2)18-9-7-16(15(13-18)6-5-11-24)12-17-8-10-19(23(3)4)14-20(17)21/h5-11,13-14H,12H2,1-4H3/b6-5+. The third kappa shape index (κ3) is 4.60. The summed E-state index contributed by atoms with van der Waals surface area (Å²) in [6.45, 7) is 0. The van der Waals surface area contributed by atoms with Crippen molar-refractivity contribution in [3.8, 4) is 0 Å². The number of aldehydes is 1. The molecule has 0 aliphatic heterocycles. The van der Waals surface area contributed by atoms with E-state index in [2.05, 4.69) is 68.8 Å². The van der Waals surface area contributed by atoms with Crippen molar-refractivity contribution in [2.45, 2.75) is 6.42 Å². The molecule has 2 aromatic carbocycles. The molecule has 0 bridgehead atoms. The Kier molecular flexibility index (Phi) is 6.43. The topological polar surface area (TPSA) is 23.6 Å². The molecular weight excluding hydrogens is 411 g/mol. The molecule has 0 radical (unpaired) electrons. The number of carbonyl (C=O) groups is 1. The van der Waals surface area contributed by atoms with Gasteiger partial charge >= 0.3 is 0 Å². The van der Waals surface area contributed by atoms with Crippen LogP contribution in [-0.2, 0) is 11.2 Å². The molecule has 0 saturated carbocycles. The first-order valence-corrected chi connectivity index (χ1v) is 8.88. The van der Waals surface area contributed by atoms with E-state index >= 15 is 0 Å². The fourth-order valence-electron chi connectivity index (χ4n) is 2.48. The minimum absolute atomic E-state index is 0.821. The first kappa shape index (κ1) is 18.5. The lowest BCUT2D eigenvalue weighted by Crippen LogP contribution is -2.10. The minimum Gasteiger partial charge on any atom is -0.378 e. The Hall–Kier alpha value is -1.82. The van der Waals surface area contributed by atoms with Crippen LogP contribution in [0, 0.1) is 3.57 Å². The largest absolute Gasteiger partial charge is 0.378 e. The third-order valence-corrected chi connectivity index (χ3v) is 4.94. The Balaban J connectivity index is 2.38. The van der Waals surface area contributed by atoms with E-state index in [0.29, 0.717) is 0 Å². The first-order chi connectivity index (χ1) is 11.4. The highest BCUT2D eigenvalue weighted by atomic mass is 127. The zero-order chi connectivity index (χ0) is 17.7. The molecule has 0 heterocycles. The van der Waals surface area contributed by atoms with Crippen molar-refractivity contribution in [3.05, 3.63) is 62.7 Å². The van der Waals surface area contributed by atoms with E-state index in [0.717, 1.165) is 24.0 Å². The van der Waals surface area contributed by atoms with Crippen LogP contribution < -0.4 is 9.80 Å². The van der Waals surface area contributed by atoms with Gasteiger partial charge in [-0.3, -0.25) is 4.79 Å². The van der Waals surface area contributed by atoms with E-state index in [-0.39, 0.29) is 0 Å². The zero-order valence-electron chi connectivity index (χ0n) is 14.6. The second kappa shape index (κ2) is 8.33. The van der Waals surface area contributed by atoms with Crippen LogP contribution in [0.4, 0.5) is 11.4 Å². The molecule has 3 nitrogen and oxygen atoms in total. The summed E-state index contributed by atoms with van der Waals surface area (Å²) in [6, 6.07) is 12.9. The maximum absolute atomic E-state index is 10.7. The summed E-state index contributed by atoms with van der Waals surface area (Å²) in [7, 11) is 8.14. The highest BCUT2D eigenvalue weighted by molar-refractivity contribution is 14.1. The molecule has 2 aromatic rings. The fourth-order valence-corrected chi connectivity index (χ4v) is 3.17. The molecule has 0 amide bonds. The van der Waals surface area contributed by atoms with Gasteiger partial charge < -0.3 is 9.80 Å². The summed E-state index contributed by atoms with van der Waals surface area (Å²) < 4.78 is 1.25. The quantitative estimate of drug-likeness (QED) is 0.387. The minimum atomic E-state index is 0.821. The number of rotatable bonds is 6. The van der Waals surface area contributed by atoms with Gasteiger partial charge in [-0.05, 0) is 76.0 Å². The molecule has 0 fully saturated rings. The lowest BCUT2D eigenvalue weighted by atomic mass is 9.98. The number of halogens is 1. The number of benzene rings is 2. The molecule has 2 rings (SSSR count). The number of anilines is 2. The molecular formula is C20H23IN2O. The van der Waals surface area contributed by atoms with Crippen molar-refractivity contribution >= 4 is 46.3 Å². The lowest BCUT2D eigenvalue weighted by Gasteiger charge is -2.17. The van der Waals surface area contributed by atoms with E-state index in [1.165, 1.54) is 20.4 Å². The van der Waals surface area contributed by atoms with Gasteiger partial charge in [0, 0.05) is 43.1 Å². The van der Waals surface area contributed by atoms with E-state index < -0.39 is 0 Å². The summed E-state index contributed by atoms with van der Waals surface area (Å²) in [4.78, 5) is 14.9. The predicted octanol–water partition coefficient (Wildman–Crippen LogP) is 4.23. The van der Waals surface area contributed by atoms with Crippen LogP contribution >= 0.6 is 22.6 Å². The average Bonchev–Trinajstić information content (AvgIpc) is 2.55. The molecule has 4 heteroatoms. The van der Waals surface area contributed by atoms with E-state index in [4.69, 9.17) is 0 Å². The maximum atomic E-state index is 10.7. The Morgan fingerprint density at radius 2 is 1.50 bits per heavy atom. The van der Waals surface area contributed by atoms with Crippen LogP contribution in [-0.4, -0.2) is 34.5 Å². The smallest absolute Gasteiger partial charge is 0.142 e. The Morgan fingerprint density at radius 1 is 0.917 bits per heavy atom. The van der Waals surface area contributed by atoms with E-state index in [9.17, 15) is 4.79 Å². The van der Waals surface area contributed by atoms with Crippen LogP contribution in [0.2, 0.25) is 0 Å². The number of nitrogens with zero attached hydrogens (tertiary/aromatic N) is 2. The monoisotopic (exact) mass is 434 g/mol. The van der Waals surface area contributed by atoms with Crippen LogP contribution in [0.3, 0.4) is 0 Å². The van der Waals surface area contributed by atoms with Gasteiger partial charge in [0.05, 0.1) is 0 Å². The highest BCUT2D eigenvalue weighted by Gasteiger charge is 2.08. The van der Waals surface area contributed by atoms with Gasteiger partial charge in [-0.15, -0.1) is 0 Å². The van der Waals surface area contributed by atoms with Crippen molar-refractivity contribution in [1.82, 2.24) is 0 Å². The first-order valence-electron chi connectivity index (χ1n) is 7.80. The van der Waals surface area contributed by atoms with Crippen LogP contribution in [0.15, 0.2) is 42.5 Å². The van der Waals surface area contributed by atoms with Crippen LogP contribution in [0.25, 0.3) is 6.08 Å². The van der Waals surface area contributed by atoms with Gasteiger partial charge in [0.25, 0.3) is 0 Å². The van der Waals surface area contributed by atoms with Crippen LogP contribution in [0.5, 0.6) is 0 Å². The number of hydrogen-bond acceptors (Lipinski definition) is 3. The van der Waals surface area contributed by atoms with Crippen molar-refractivity contribution in [1.29, 1.82) is 0 Å². The van der Waals surface area contributed by atoms with Crippen molar-refractivity contribution in [2.75, 3.05) is 38.0 Å². The summed E-state index contributed by atoms with van der Waals surface area (Å²) >= 11 is 2.39. The molecule has 0 saturated heterocycles. The lowest BCUT2D eigenvalue weighted by molar-refractivity contribution is -0.104. The number of allylic oxidation sites excluding steroid dienone is 1. The average molecular weight is 434 g/mol. The van der Waals surface area contributed by atoms with Gasteiger partial charge in [-0.1, -0.05) is 18.2 Å². The summed E-state index contributed by atoms with van der Waals surface area (Å²) in [6.07, 6.45) is 5.11. The highest BCUT2D eigenvalue weighted by Crippen LogP contribution is 2.26. The Labute approximate surface area is 158 Å². The summed E-state index contributed by atoms with van der Waals surface area (Å²) in [5.41, 5.74) is 5.92. The van der Waals surface area contributed by atoms with E-state index in [1.807, 2.05) is 34.3 Å². The normalized spacial score (nSPS) is 10.9. The summed E-state index contributed by atoms with van der Waals surface area (Å²) in [5, 5.41) is 0. The molecule has 0 N–H and O–H groups in total. The molecule has 0 unspecified atom stereocenters. The number of carbonyl (C=O) groups excluding carboxylic acids is 1. The SMILES string of the molecule is CN(C)c1ccc(Cc2ccc(N(C)C)cc2/C=C/C=O)c(I)c1. The molecule has 0 aliphatic carbocycles. The summed E-state index contributed by atoms with van der Waals surface area (Å²) in [5.74, 6) is 0. The van der Waals surface area contributed by atoms with Crippen molar-refractivity contribution in [2.24, 2.45) is 0 Å². The van der Waals surface area contributed by atoms with Crippen molar-refractivity contribution in [3.63, 3.8) is 0 Å². The second-order valence-electron chi connectivity index (χ2n) is 6.12. The molecule has 126 valence electrons. The van der Waals surface area contributed by atoms with E-state index in [1.54, 1.807) is 6.08 Å². The third-order valence-electron chi connectivity index (χ3n) is 3.93. The van der Waals surface area contributed by atoms with Crippen molar-refractivity contribution < 1.29 is 4.79 Å². The van der Waals surface area contributed by atoms with Gasteiger partial charge in [-0.25, -0.2) is 0 Å². The molecule has 0 spiro atoms. The van der Waals surface area contributed by atoms with Gasteiger partial charge in [0.2, 0.25) is 0 Å². The van der Waals surface area contributed by atoms with Crippen LogP contribution in [0.1, 0.15) is 16.7 Å². The fraction of sp³-hybridized carbons (Fsp3) is 0.250. The maximum Gasteiger partial charge on any atom is 0.142 e. The predicted molar refractivity (Wildman–Crippen MR) is 112 cm³/mol. The van der Waals surface area contributed by atoms with Gasteiger partial charge in [0.15, 0.2) is 0 Å². The zero-order valence-corrected chi connectivity index (χ0v) is 16.7. The van der Waals surface area contributed by atoms with Gasteiger partial charge in [0.1, 0.15) is 6.29 Å². The molecule has 0 aliphatic rings. The van der Waals surface area contributed by atoms with Gasteiger partial charge in [-0.2, -0.15) is 0 Å². The second-order valence-corrected chi connectivity index (χ2v) is 7.28. The Morgan fingerprint density at radius 3 is 2.04 bits per heavy atom. The number of hydrogen-bond donors (Lipinski definition) is 0.